The van der Waals surface area contributed by atoms with Crippen LogP contribution in [0.15, 0.2) is 54.7 Å². The van der Waals surface area contributed by atoms with Crippen LogP contribution in [0.5, 0.6) is 0 Å². The highest BCUT2D eigenvalue weighted by Crippen LogP contribution is 2.24. The van der Waals surface area contributed by atoms with Gasteiger partial charge in [-0.25, -0.2) is 4.39 Å². The molecule has 2 aromatic carbocycles. The zero-order chi connectivity index (χ0) is 13.9. The monoisotopic (exact) mass is 266 g/mol. The molecule has 2 nitrogen and oxygen atoms in total. The Morgan fingerprint density at radius 3 is 2.65 bits per heavy atom. The predicted molar refractivity (Wildman–Crippen MR) is 80.2 cm³/mol. The molecule has 1 aromatic heterocycles. The molecule has 0 aliphatic carbocycles. The van der Waals surface area contributed by atoms with Gasteiger partial charge in [0.2, 0.25) is 0 Å². The van der Waals surface area contributed by atoms with Crippen LogP contribution in [0.3, 0.4) is 0 Å². The first-order chi connectivity index (χ1) is 9.74. The maximum atomic E-state index is 12.9. The van der Waals surface area contributed by atoms with Crippen molar-refractivity contribution in [3.8, 4) is 0 Å². The average molecular weight is 266 g/mol. The van der Waals surface area contributed by atoms with E-state index in [4.69, 9.17) is 0 Å². The fourth-order valence-corrected chi connectivity index (χ4v) is 2.27. The van der Waals surface area contributed by atoms with Crippen molar-refractivity contribution in [3.63, 3.8) is 0 Å². The van der Waals surface area contributed by atoms with Crippen LogP contribution in [0.2, 0.25) is 0 Å². The van der Waals surface area contributed by atoms with Gasteiger partial charge >= 0.3 is 0 Å². The molecule has 0 fully saturated rings. The van der Waals surface area contributed by atoms with Crippen LogP contribution < -0.4 is 5.32 Å². The number of anilines is 1. The molecule has 1 N–H and O–H groups in total. The molecule has 0 unspecified atom stereocenters. The number of nitrogens with one attached hydrogen (secondary N) is 1. The van der Waals surface area contributed by atoms with Gasteiger partial charge in [-0.15, -0.1) is 0 Å². The Bertz CT molecular complexity index is 736. The Morgan fingerprint density at radius 2 is 1.85 bits per heavy atom. The van der Waals surface area contributed by atoms with Crippen molar-refractivity contribution < 1.29 is 4.39 Å². The summed E-state index contributed by atoms with van der Waals surface area (Å²) < 4.78 is 12.9. The van der Waals surface area contributed by atoms with E-state index in [1.807, 2.05) is 6.07 Å². The highest BCUT2D eigenvalue weighted by molar-refractivity contribution is 5.93. The first-order valence-electron chi connectivity index (χ1n) is 6.57. The molecule has 100 valence electrons. The van der Waals surface area contributed by atoms with Gasteiger partial charge in [-0.05, 0) is 48.4 Å². The number of aromatic nitrogens is 1. The number of rotatable bonds is 3. The Hall–Kier alpha value is -2.42. The van der Waals surface area contributed by atoms with Crippen LogP contribution in [0, 0.1) is 12.7 Å². The topological polar surface area (TPSA) is 24.9 Å². The third-order valence-corrected chi connectivity index (χ3v) is 3.37. The third kappa shape index (κ3) is 2.48. The van der Waals surface area contributed by atoms with Crippen molar-refractivity contribution in [1.82, 2.24) is 4.98 Å². The largest absolute Gasteiger partial charge is 0.380 e. The number of hydrogen-bond acceptors (Lipinski definition) is 2. The Labute approximate surface area is 117 Å². The maximum absolute atomic E-state index is 12.9. The summed E-state index contributed by atoms with van der Waals surface area (Å²) in [5.41, 5.74) is 4.26. The van der Waals surface area contributed by atoms with E-state index in [2.05, 4.69) is 35.4 Å². The second-order valence-electron chi connectivity index (χ2n) is 4.81. The van der Waals surface area contributed by atoms with E-state index in [1.54, 1.807) is 18.3 Å². The van der Waals surface area contributed by atoms with E-state index in [9.17, 15) is 4.39 Å². The van der Waals surface area contributed by atoms with Crippen LogP contribution in [0.25, 0.3) is 10.9 Å². The average Bonchev–Trinajstić information content (AvgIpc) is 2.49. The van der Waals surface area contributed by atoms with Crippen LogP contribution in [-0.2, 0) is 6.54 Å². The SMILES string of the molecule is Cc1ccc(NCc2ccc(F)cc2)c2cccnc12. The lowest BCUT2D eigenvalue weighted by Gasteiger charge is -2.11. The van der Waals surface area contributed by atoms with Gasteiger partial charge in [0, 0.05) is 23.8 Å². The molecule has 0 amide bonds. The molecule has 1 heterocycles. The van der Waals surface area contributed by atoms with E-state index in [0.29, 0.717) is 6.54 Å². The van der Waals surface area contributed by atoms with E-state index >= 15 is 0 Å². The van der Waals surface area contributed by atoms with Gasteiger partial charge in [0.25, 0.3) is 0 Å². The second kappa shape index (κ2) is 5.29. The van der Waals surface area contributed by atoms with E-state index in [1.165, 1.54) is 12.1 Å². The Kier molecular flexibility index (Phi) is 3.33. The van der Waals surface area contributed by atoms with Crippen LogP contribution in [0.1, 0.15) is 11.1 Å². The number of nitrogens with zero attached hydrogens (tertiary/aromatic N) is 1. The summed E-state index contributed by atoms with van der Waals surface area (Å²) in [4.78, 5) is 4.42. The third-order valence-electron chi connectivity index (χ3n) is 3.37. The van der Waals surface area contributed by atoms with E-state index in [0.717, 1.165) is 27.7 Å². The van der Waals surface area contributed by atoms with Crippen molar-refractivity contribution in [3.05, 3.63) is 71.7 Å². The summed E-state index contributed by atoms with van der Waals surface area (Å²) in [5.74, 6) is -0.210. The molecule has 0 saturated carbocycles. The molecule has 0 aliphatic heterocycles. The Balaban J connectivity index is 1.88. The number of aryl methyl sites for hydroxylation is 1. The lowest BCUT2D eigenvalue weighted by molar-refractivity contribution is 0.627. The summed E-state index contributed by atoms with van der Waals surface area (Å²) in [7, 11) is 0. The highest BCUT2D eigenvalue weighted by Gasteiger charge is 2.04. The Morgan fingerprint density at radius 1 is 1.05 bits per heavy atom. The van der Waals surface area contributed by atoms with Gasteiger partial charge in [-0.3, -0.25) is 4.98 Å². The lowest BCUT2D eigenvalue weighted by Crippen LogP contribution is -2.00. The summed E-state index contributed by atoms with van der Waals surface area (Å²) in [6.45, 7) is 2.71. The molecule has 3 rings (SSSR count). The van der Waals surface area contributed by atoms with Crippen LogP contribution >= 0.6 is 0 Å². The minimum absolute atomic E-state index is 0.210. The predicted octanol–water partition coefficient (Wildman–Crippen LogP) is 4.29. The summed E-state index contributed by atoms with van der Waals surface area (Å²) in [6, 6.07) is 14.6. The molecule has 0 saturated heterocycles. The van der Waals surface area contributed by atoms with Crippen LogP contribution in [-0.4, -0.2) is 4.98 Å². The minimum atomic E-state index is -0.210. The van der Waals surface area contributed by atoms with Crippen molar-refractivity contribution in [2.75, 3.05) is 5.32 Å². The highest BCUT2D eigenvalue weighted by atomic mass is 19.1. The fraction of sp³-hybridized carbons (Fsp3) is 0.118. The van der Waals surface area contributed by atoms with E-state index < -0.39 is 0 Å². The van der Waals surface area contributed by atoms with E-state index in [-0.39, 0.29) is 5.82 Å². The summed E-state index contributed by atoms with van der Waals surface area (Å²) >= 11 is 0. The maximum Gasteiger partial charge on any atom is 0.123 e. The number of halogens is 1. The molecule has 3 heteroatoms. The van der Waals surface area contributed by atoms with Gasteiger partial charge in [0.05, 0.1) is 5.52 Å². The zero-order valence-electron chi connectivity index (χ0n) is 11.2. The van der Waals surface area contributed by atoms with Gasteiger partial charge in [0.1, 0.15) is 5.82 Å². The second-order valence-corrected chi connectivity index (χ2v) is 4.81. The van der Waals surface area contributed by atoms with Gasteiger partial charge in [0.15, 0.2) is 0 Å². The van der Waals surface area contributed by atoms with Gasteiger partial charge in [-0.2, -0.15) is 0 Å². The molecular formula is C17H15FN2. The smallest absolute Gasteiger partial charge is 0.123 e. The molecule has 3 aromatic rings. The molecule has 20 heavy (non-hydrogen) atoms. The van der Waals surface area contributed by atoms with Gasteiger partial charge in [-0.1, -0.05) is 18.2 Å². The molecule has 0 aliphatic rings. The number of benzene rings is 2. The molecule has 0 bridgehead atoms. The first kappa shape index (κ1) is 12.6. The lowest BCUT2D eigenvalue weighted by atomic mass is 10.1. The summed E-state index contributed by atoms with van der Waals surface area (Å²) in [6.07, 6.45) is 1.80. The number of fused-ring (bicyclic) bond motifs is 1. The molecule has 0 atom stereocenters. The summed E-state index contributed by atoms with van der Waals surface area (Å²) in [5, 5.41) is 4.49. The number of hydrogen-bond donors (Lipinski definition) is 1. The van der Waals surface area contributed by atoms with Crippen molar-refractivity contribution >= 4 is 16.6 Å². The molecule has 0 radical (unpaired) electrons. The minimum Gasteiger partial charge on any atom is -0.380 e. The standard InChI is InChI=1S/C17H15FN2/c1-12-4-9-16(15-3-2-10-19-17(12)15)20-11-13-5-7-14(18)8-6-13/h2-10,20H,11H2,1H3. The molecule has 0 spiro atoms. The van der Waals surface area contributed by atoms with Crippen LogP contribution in [0.4, 0.5) is 10.1 Å². The normalized spacial score (nSPS) is 10.7. The fourth-order valence-electron chi connectivity index (χ4n) is 2.27. The zero-order valence-corrected chi connectivity index (χ0v) is 11.2. The molecular weight excluding hydrogens is 251 g/mol. The quantitative estimate of drug-likeness (QED) is 0.764. The van der Waals surface area contributed by atoms with Crippen molar-refractivity contribution in [1.29, 1.82) is 0 Å². The number of pyridine rings is 1. The van der Waals surface area contributed by atoms with Gasteiger partial charge < -0.3 is 5.32 Å². The van der Waals surface area contributed by atoms with Crippen molar-refractivity contribution in [2.24, 2.45) is 0 Å². The van der Waals surface area contributed by atoms with Crippen molar-refractivity contribution in [2.45, 2.75) is 13.5 Å². The first-order valence-corrected chi connectivity index (χ1v) is 6.57.